The fourth-order valence-electron chi connectivity index (χ4n) is 1.97. The van der Waals surface area contributed by atoms with Gasteiger partial charge in [0, 0.05) is 22.8 Å². The second-order valence-corrected chi connectivity index (χ2v) is 5.55. The van der Waals surface area contributed by atoms with Gasteiger partial charge in [-0.25, -0.2) is 4.79 Å². The van der Waals surface area contributed by atoms with Crippen molar-refractivity contribution in [2.75, 3.05) is 17.7 Å². The first-order valence-corrected chi connectivity index (χ1v) is 7.43. The summed E-state index contributed by atoms with van der Waals surface area (Å²) in [6, 6.07) is 8.32. The molecule has 3 N–H and O–H groups in total. The van der Waals surface area contributed by atoms with Gasteiger partial charge in [0.25, 0.3) is 11.6 Å². The van der Waals surface area contributed by atoms with E-state index in [0.717, 1.165) is 0 Å². The zero-order chi connectivity index (χ0) is 18.6. The number of carbonyl (C=O) groups excluding carboxylic acids is 2. The molecule has 25 heavy (non-hydrogen) atoms. The van der Waals surface area contributed by atoms with Crippen LogP contribution in [-0.4, -0.2) is 23.4 Å². The lowest BCUT2D eigenvalue weighted by Gasteiger charge is -2.10. The number of nitrogens with one attached hydrogen (secondary N) is 1. The van der Waals surface area contributed by atoms with Crippen LogP contribution in [0.15, 0.2) is 36.4 Å². The Morgan fingerprint density at radius 1 is 1.28 bits per heavy atom. The molecule has 0 aliphatic carbocycles. The van der Waals surface area contributed by atoms with Crippen molar-refractivity contribution in [1.29, 1.82) is 0 Å². The van der Waals surface area contributed by atoms with Crippen LogP contribution in [0, 0.1) is 17.0 Å². The summed E-state index contributed by atoms with van der Waals surface area (Å²) in [6.45, 7) is 1.11. The molecule has 0 unspecified atom stereocenters. The lowest BCUT2D eigenvalue weighted by Crippen LogP contribution is -2.21. The van der Waals surface area contributed by atoms with E-state index in [9.17, 15) is 19.7 Å². The summed E-state index contributed by atoms with van der Waals surface area (Å²) in [5, 5.41) is 13.6. The molecule has 0 heterocycles. The summed E-state index contributed by atoms with van der Waals surface area (Å²) in [7, 11) is 0. The van der Waals surface area contributed by atoms with Crippen LogP contribution in [-0.2, 0) is 9.53 Å². The molecule has 1 amide bonds. The number of rotatable bonds is 5. The Morgan fingerprint density at radius 2 is 2.00 bits per heavy atom. The number of nitrogens with two attached hydrogens (primary N) is 1. The molecule has 0 aliphatic rings. The molecular weight excluding hydrogens is 350 g/mol. The molecule has 0 spiro atoms. The summed E-state index contributed by atoms with van der Waals surface area (Å²) in [6.07, 6.45) is 0. The number of anilines is 2. The van der Waals surface area contributed by atoms with Crippen LogP contribution in [0.25, 0.3) is 0 Å². The highest BCUT2D eigenvalue weighted by molar-refractivity contribution is 6.31. The Hall–Kier alpha value is -3.13. The van der Waals surface area contributed by atoms with Gasteiger partial charge < -0.3 is 15.8 Å². The number of amides is 1. The lowest BCUT2D eigenvalue weighted by atomic mass is 10.2. The highest BCUT2D eigenvalue weighted by Crippen LogP contribution is 2.22. The van der Waals surface area contributed by atoms with Crippen molar-refractivity contribution in [3.8, 4) is 0 Å². The number of benzene rings is 2. The lowest BCUT2D eigenvalue weighted by molar-refractivity contribution is -0.384. The molecule has 130 valence electrons. The molecule has 0 aliphatic heterocycles. The van der Waals surface area contributed by atoms with Crippen LogP contribution in [0.1, 0.15) is 15.9 Å². The van der Waals surface area contributed by atoms with E-state index in [1.807, 2.05) is 0 Å². The number of carbonyl (C=O) groups is 2. The Morgan fingerprint density at radius 3 is 2.64 bits per heavy atom. The second-order valence-electron chi connectivity index (χ2n) is 5.11. The molecule has 0 fully saturated rings. The van der Waals surface area contributed by atoms with Gasteiger partial charge in [-0.05, 0) is 30.7 Å². The summed E-state index contributed by atoms with van der Waals surface area (Å²) in [5.41, 5.74) is 6.62. The number of aryl methyl sites for hydroxylation is 1. The number of esters is 1. The fourth-order valence-corrected chi connectivity index (χ4v) is 2.15. The molecule has 2 aromatic rings. The van der Waals surface area contributed by atoms with Gasteiger partial charge in [0.2, 0.25) is 0 Å². The molecule has 0 saturated carbocycles. The predicted octanol–water partition coefficient (Wildman–Crippen LogP) is 2.93. The fraction of sp³-hybridized carbons (Fsp3) is 0.125. The summed E-state index contributed by atoms with van der Waals surface area (Å²) in [5.74, 6) is -1.41. The van der Waals surface area contributed by atoms with E-state index in [1.54, 1.807) is 6.92 Å². The van der Waals surface area contributed by atoms with Crippen LogP contribution in [0.2, 0.25) is 5.02 Å². The highest BCUT2D eigenvalue weighted by atomic mass is 35.5. The van der Waals surface area contributed by atoms with Gasteiger partial charge >= 0.3 is 5.97 Å². The topological polar surface area (TPSA) is 125 Å². The quantitative estimate of drug-likeness (QED) is 0.364. The third kappa shape index (κ3) is 4.67. The first kappa shape index (κ1) is 18.2. The Labute approximate surface area is 147 Å². The van der Waals surface area contributed by atoms with E-state index >= 15 is 0 Å². The van der Waals surface area contributed by atoms with Gasteiger partial charge in [-0.15, -0.1) is 0 Å². The Balaban J connectivity index is 2.00. The van der Waals surface area contributed by atoms with Crippen LogP contribution in [0.5, 0.6) is 0 Å². The van der Waals surface area contributed by atoms with Crippen molar-refractivity contribution in [3.05, 3.63) is 62.7 Å². The van der Waals surface area contributed by atoms with Crippen molar-refractivity contribution < 1.29 is 19.2 Å². The maximum Gasteiger partial charge on any atom is 0.340 e. The van der Waals surface area contributed by atoms with E-state index in [2.05, 4.69) is 5.32 Å². The Kier molecular flexibility index (Phi) is 5.56. The number of nitrogens with zero attached hydrogens (tertiary/aromatic N) is 1. The molecule has 0 aromatic heterocycles. The monoisotopic (exact) mass is 363 g/mol. The normalized spacial score (nSPS) is 10.2. The number of nitro benzene ring substituents is 1. The van der Waals surface area contributed by atoms with Crippen LogP contribution in [0.3, 0.4) is 0 Å². The Bertz CT molecular complexity index is 854. The minimum Gasteiger partial charge on any atom is -0.452 e. The van der Waals surface area contributed by atoms with Crippen molar-refractivity contribution >= 4 is 40.5 Å². The van der Waals surface area contributed by atoms with E-state index in [1.165, 1.54) is 36.4 Å². The molecule has 0 bridgehead atoms. The van der Waals surface area contributed by atoms with Crippen molar-refractivity contribution in [2.24, 2.45) is 0 Å². The van der Waals surface area contributed by atoms with Crippen LogP contribution < -0.4 is 11.1 Å². The van der Waals surface area contributed by atoms with Gasteiger partial charge in [-0.3, -0.25) is 14.9 Å². The molecule has 2 aromatic carbocycles. The molecular formula is C16H14ClN3O5. The van der Waals surface area contributed by atoms with Crippen LogP contribution in [0.4, 0.5) is 17.1 Å². The average molecular weight is 364 g/mol. The first-order chi connectivity index (χ1) is 11.8. The number of hydrogen-bond acceptors (Lipinski definition) is 6. The van der Waals surface area contributed by atoms with Gasteiger partial charge in [0.05, 0.1) is 16.2 Å². The third-order valence-electron chi connectivity index (χ3n) is 3.27. The summed E-state index contributed by atoms with van der Waals surface area (Å²) in [4.78, 5) is 34.0. The minimum atomic E-state index is -0.778. The largest absolute Gasteiger partial charge is 0.452 e. The standard InChI is InChI=1S/C16H14ClN3O5/c1-9-2-4-11(20(23)24)7-14(9)19-15(21)8-25-16(22)12-5-3-10(17)6-13(12)18/h2-7H,8,18H2,1H3,(H,19,21). The van der Waals surface area contributed by atoms with E-state index < -0.39 is 23.4 Å². The maximum absolute atomic E-state index is 11.9. The smallest absolute Gasteiger partial charge is 0.340 e. The number of nitrogen functional groups attached to an aromatic ring is 1. The third-order valence-corrected chi connectivity index (χ3v) is 3.51. The van der Waals surface area contributed by atoms with Gasteiger partial charge in [-0.1, -0.05) is 17.7 Å². The molecule has 9 heteroatoms. The molecule has 8 nitrogen and oxygen atoms in total. The average Bonchev–Trinajstić information content (AvgIpc) is 2.54. The zero-order valence-electron chi connectivity index (χ0n) is 13.1. The molecule has 2 rings (SSSR count). The number of nitro groups is 1. The summed E-state index contributed by atoms with van der Waals surface area (Å²) < 4.78 is 4.89. The highest BCUT2D eigenvalue weighted by Gasteiger charge is 2.15. The van der Waals surface area contributed by atoms with E-state index in [4.69, 9.17) is 22.1 Å². The van der Waals surface area contributed by atoms with Crippen molar-refractivity contribution in [3.63, 3.8) is 0 Å². The zero-order valence-corrected chi connectivity index (χ0v) is 13.9. The van der Waals surface area contributed by atoms with Crippen LogP contribution >= 0.6 is 11.6 Å². The minimum absolute atomic E-state index is 0.0868. The number of ether oxygens (including phenoxy) is 1. The summed E-state index contributed by atoms with van der Waals surface area (Å²) >= 11 is 5.75. The molecule has 0 saturated heterocycles. The number of hydrogen-bond donors (Lipinski definition) is 2. The maximum atomic E-state index is 11.9. The van der Waals surface area contributed by atoms with E-state index in [-0.39, 0.29) is 22.6 Å². The number of halogens is 1. The van der Waals surface area contributed by atoms with Gasteiger partial charge in [0.15, 0.2) is 6.61 Å². The second kappa shape index (κ2) is 7.63. The van der Waals surface area contributed by atoms with Crippen molar-refractivity contribution in [1.82, 2.24) is 0 Å². The van der Waals surface area contributed by atoms with E-state index in [0.29, 0.717) is 10.6 Å². The SMILES string of the molecule is Cc1ccc([N+](=O)[O-])cc1NC(=O)COC(=O)c1ccc(Cl)cc1N. The predicted molar refractivity (Wildman–Crippen MR) is 92.6 cm³/mol. The molecule has 0 atom stereocenters. The van der Waals surface area contributed by atoms with Gasteiger partial charge in [-0.2, -0.15) is 0 Å². The van der Waals surface area contributed by atoms with Gasteiger partial charge in [0.1, 0.15) is 0 Å². The van der Waals surface area contributed by atoms with Crippen molar-refractivity contribution in [2.45, 2.75) is 6.92 Å². The molecule has 0 radical (unpaired) electrons. The first-order valence-electron chi connectivity index (χ1n) is 7.05. The number of non-ortho nitro benzene ring substituents is 1.